The van der Waals surface area contributed by atoms with Gasteiger partial charge in [0.2, 0.25) is 5.91 Å². The van der Waals surface area contributed by atoms with Gasteiger partial charge in [0.05, 0.1) is 23.9 Å². The van der Waals surface area contributed by atoms with Crippen molar-refractivity contribution in [2.24, 2.45) is 5.73 Å². The van der Waals surface area contributed by atoms with Crippen LogP contribution in [0.1, 0.15) is 36.0 Å². The molecule has 0 saturated heterocycles. The van der Waals surface area contributed by atoms with Gasteiger partial charge in [-0.1, -0.05) is 12.8 Å². The molecule has 1 saturated carbocycles. The molecule has 0 bridgehead atoms. The number of rotatable bonds is 3. The van der Waals surface area contributed by atoms with Crippen LogP contribution in [0, 0.1) is 11.6 Å². The Morgan fingerprint density at radius 2 is 1.86 bits per heavy atom. The van der Waals surface area contributed by atoms with Gasteiger partial charge in [0.1, 0.15) is 11.6 Å². The molecule has 21 heavy (non-hydrogen) atoms. The minimum absolute atomic E-state index is 0.293. The maximum atomic E-state index is 13.7. The highest BCUT2D eigenvalue weighted by atomic mass is 19.1. The fourth-order valence-electron chi connectivity index (χ4n) is 2.39. The summed E-state index contributed by atoms with van der Waals surface area (Å²) < 4.78 is 31.6. The third-order valence-corrected chi connectivity index (χ3v) is 3.66. The Kier molecular flexibility index (Phi) is 4.22. The number of carbonyl (C=O) groups excluding carboxylic acids is 2. The van der Waals surface area contributed by atoms with E-state index in [1.165, 1.54) is 0 Å². The minimum Gasteiger partial charge on any atom is -0.465 e. The number of ether oxygens (including phenoxy) is 1. The molecule has 114 valence electrons. The summed E-state index contributed by atoms with van der Waals surface area (Å²) in [6.07, 6.45) is 2.66. The topological polar surface area (TPSA) is 81.4 Å². The van der Waals surface area contributed by atoms with Crippen molar-refractivity contribution < 1.29 is 23.1 Å². The zero-order valence-corrected chi connectivity index (χ0v) is 11.5. The molecule has 5 nitrogen and oxygen atoms in total. The first-order valence-electron chi connectivity index (χ1n) is 6.55. The highest BCUT2D eigenvalue weighted by molar-refractivity contribution is 5.99. The molecular weight excluding hydrogens is 282 g/mol. The van der Waals surface area contributed by atoms with E-state index in [2.05, 4.69) is 10.1 Å². The number of nitrogens with one attached hydrogen (secondary N) is 1. The predicted molar refractivity (Wildman–Crippen MR) is 71.7 cm³/mol. The zero-order valence-electron chi connectivity index (χ0n) is 11.5. The number of halogens is 2. The van der Waals surface area contributed by atoms with Gasteiger partial charge in [-0.2, -0.15) is 0 Å². The lowest BCUT2D eigenvalue weighted by molar-refractivity contribution is -0.121. The first-order valence-corrected chi connectivity index (χ1v) is 6.55. The zero-order chi connectivity index (χ0) is 15.6. The lowest BCUT2D eigenvalue weighted by atomic mass is 9.98. The molecule has 0 atom stereocenters. The summed E-state index contributed by atoms with van der Waals surface area (Å²) in [5, 5.41) is 2.33. The molecule has 1 aliphatic carbocycles. The fourth-order valence-corrected chi connectivity index (χ4v) is 2.39. The van der Waals surface area contributed by atoms with Crippen LogP contribution in [0.2, 0.25) is 0 Å². The third-order valence-electron chi connectivity index (χ3n) is 3.66. The summed E-state index contributed by atoms with van der Waals surface area (Å²) in [4.78, 5) is 23.5. The van der Waals surface area contributed by atoms with Gasteiger partial charge in [-0.3, -0.25) is 4.79 Å². The molecule has 0 aromatic heterocycles. The number of hydrogen-bond acceptors (Lipinski definition) is 4. The molecule has 0 aliphatic heterocycles. The Balaban J connectivity index is 2.27. The average Bonchev–Trinajstić information content (AvgIpc) is 2.89. The second-order valence-electron chi connectivity index (χ2n) is 5.12. The summed E-state index contributed by atoms with van der Waals surface area (Å²) in [6, 6.07) is 1.44. The van der Waals surface area contributed by atoms with Crippen molar-refractivity contribution in [1.29, 1.82) is 0 Å². The number of benzene rings is 1. The lowest BCUT2D eigenvalue weighted by Gasteiger charge is -2.22. The quantitative estimate of drug-likeness (QED) is 0.836. The van der Waals surface area contributed by atoms with E-state index < -0.39 is 34.6 Å². The van der Waals surface area contributed by atoms with E-state index in [0.717, 1.165) is 26.0 Å². The van der Waals surface area contributed by atoms with Crippen molar-refractivity contribution in [3.05, 3.63) is 29.3 Å². The first-order chi connectivity index (χ1) is 9.87. The van der Waals surface area contributed by atoms with Crippen molar-refractivity contribution in [2.75, 3.05) is 12.4 Å². The maximum absolute atomic E-state index is 13.7. The molecule has 1 aliphatic rings. The van der Waals surface area contributed by atoms with Crippen LogP contribution < -0.4 is 11.1 Å². The largest absolute Gasteiger partial charge is 0.465 e. The van der Waals surface area contributed by atoms with E-state index in [4.69, 9.17) is 5.73 Å². The summed E-state index contributed by atoms with van der Waals surface area (Å²) in [5.41, 5.74) is 4.16. The molecule has 1 fully saturated rings. The highest BCUT2D eigenvalue weighted by Gasteiger charge is 2.37. The molecule has 7 heteroatoms. The normalized spacial score (nSPS) is 16.6. The summed E-state index contributed by atoms with van der Waals surface area (Å²) >= 11 is 0. The van der Waals surface area contributed by atoms with E-state index in [1.54, 1.807) is 0 Å². The van der Waals surface area contributed by atoms with Crippen LogP contribution in [0.25, 0.3) is 0 Å². The van der Waals surface area contributed by atoms with Crippen molar-refractivity contribution >= 4 is 17.6 Å². The van der Waals surface area contributed by atoms with E-state index in [0.29, 0.717) is 18.9 Å². The van der Waals surface area contributed by atoms with Crippen molar-refractivity contribution in [3.8, 4) is 0 Å². The average molecular weight is 298 g/mol. The fraction of sp³-hybridized carbons (Fsp3) is 0.429. The van der Waals surface area contributed by atoms with Gasteiger partial charge >= 0.3 is 5.97 Å². The van der Waals surface area contributed by atoms with Crippen LogP contribution in [0.3, 0.4) is 0 Å². The van der Waals surface area contributed by atoms with Crippen molar-refractivity contribution in [3.63, 3.8) is 0 Å². The minimum atomic E-state index is -1.05. The Labute approximate surface area is 120 Å². The Bertz CT molecular complexity index is 584. The summed E-state index contributed by atoms with van der Waals surface area (Å²) in [7, 11) is 1.08. The van der Waals surface area contributed by atoms with E-state index in [1.807, 2.05) is 0 Å². The van der Waals surface area contributed by atoms with E-state index in [-0.39, 0.29) is 5.69 Å². The monoisotopic (exact) mass is 298 g/mol. The van der Waals surface area contributed by atoms with Gasteiger partial charge in [-0.15, -0.1) is 0 Å². The Morgan fingerprint density at radius 3 is 2.43 bits per heavy atom. The molecule has 3 N–H and O–H groups in total. The van der Waals surface area contributed by atoms with Gasteiger partial charge < -0.3 is 15.8 Å². The Morgan fingerprint density at radius 1 is 1.24 bits per heavy atom. The van der Waals surface area contributed by atoms with Crippen LogP contribution in [0.4, 0.5) is 14.5 Å². The van der Waals surface area contributed by atoms with Gasteiger partial charge in [-0.25, -0.2) is 13.6 Å². The van der Waals surface area contributed by atoms with Crippen molar-refractivity contribution in [1.82, 2.24) is 0 Å². The molecule has 1 aromatic carbocycles. The van der Waals surface area contributed by atoms with Crippen LogP contribution >= 0.6 is 0 Å². The van der Waals surface area contributed by atoms with E-state index in [9.17, 15) is 18.4 Å². The summed E-state index contributed by atoms with van der Waals surface area (Å²) in [6.45, 7) is 0. The maximum Gasteiger partial charge on any atom is 0.340 e. The third kappa shape index (κ3) is 3.02. The number of anilines is 1. The SMILES string of the molecule is COC(=O)c1cc(NC(=O)C2(N)CCCC2)c(F)cc1F. The molecule has 0 spiro atoms. The lowest BCUT2D eigenvalue weighted by Crippen LogP contribution is -2.48. The standard InChI is InChI=1S/C14H16F2N2O3/c1-21-12(19)8-6-11(10(16)7-9(8)15)18-13(20)14(17)4-2-3-5-14/h6-7H,2-5,17H2,1H3,(H,18,20). The number of methoxy groups -OCH3 is 1. The smallest absolute Gasteiger partial charge is 0.340 e. The second kappa shape index (κ2) is 5.77. The molecule has 0 heterocycles. The number of nitrogens with two attached hydrogens (primary N) is 1. The van der Waals surface area contributed by atoms with Crippen LogP contribution in [0.5, 0.6) is 0 Å². The predicted octanol–water partition coefficient (Wildman–Crippen LogP) is 1.96. The van der Waals surface area contributed by atoms with Gasteiger partial charge in [0.25, 0.3) is 0 Å². The molecule has 0 unspecified atom stereocenters. The van der Waals surface area contributed by atoms with Gasteiger partial charge in [0, 0.05) is 6.07 Å². The van der Waals surface area contributed by atoms with Crippen LogP contribution in [-0.4, -0.2) is 24.5 Å². The molecule has 0 radical (unpaired) electrons. The van der Waals surface area contributed by atoms with Crippen molar-refractivity contribution in [2.45, 2.75) is 31.2 Å². The number of amides is 1. The second-order valence-corrected chi connectivity index (χ2v) is 5.12. The van der Waals surface area contributed by atoms with Gasteiger partial charge in [-0.05, 0) is 18.9 Å². The number of carbonyl (C=O) groups is 2. The summed E-state index contributed by atoms with van der Waals surface area (Å²) in [5.74, 6) is -3.52. The molecule has 2 rings (SSSR count). The highest BCUT2D eigenvalue weighted by Crippen LogP contribution is 2.29. The number of hydrogen-bond donors (Lipinski definition) is 2. The van der Waals surface area contributed by atoms with E-state index >= 15 is 0 Å². The first kappa shape index (κ1) is 15.4. The molecule has 1 amide bonds. The molecular formula is C14H16F2N2O3. The van der Waals surface area contributed by atoms with Crippen LogP contribution in [0.15, 0.2) is 12.1 Å². The Hall–Kier alpha value is -2.02. The number of esters is 1. The molecule has 1 aromatic rings. The van der Waals surface area contributed by atoms with Gasteiger partial charge in [0.15, 0.2) is 0 Å². The van der Waals surface area contributed by atoms with Crippen LogP contribution in [-0.2, 0) is 9.53 Å².